The van der Waals surface area contributed by atoms with Gasteiger partial charge in [-0.25, -0.2) is 0 Å². The lowest BCUT2D eigenvalue weighted by molar-refractivity contribution is 0.283. The minimum absolute atomic E-state index is 0.128. The molecule has 0 saturated carbocycles. The van der Waals surface area contributed by atoms with Crippen molar-refractivity contribution in [3.63, 3.8) is 0 Å². The number of hydrogen-bond donors (Lipinski definition) is 2. The SMILES string of the molecule is OCc1c(Cl)[nH]c2cc(Cl)c(Cl)cc12. The maximum absolute atomic E-state index is 9.09. The number of aliphatic hydroxyl groups excluding tert-OH is 1. The van der Waals surface area contributed by atoms with Gasteiger partial charge < -0.3 is 10.1 Å². The highest BCUT2D eigenvalue weighted by Crippen LogP contribution is 2.32. The van der Waals surface area contributed by atoms with Crippen molar-refractivity contribution >= 4 is 45.7 Å². The van der Waals surface area contributed by atoms with E-state index in [-0.39, 0.29) is 6.61 Å². The highest BCUT2D eigenvalue weighted by Gasteiger charge is 2.10. The van der Waals surface area contributed by atoms with Gasteiger partial charge in [-0.15, -0.1) is 0 Å². The Balaban J connectivity index is 2.82. The molecule has 74 valence electrons. The second-order valence-electron chi connectivity index (χ2n) is 2.89. The molecule has 0 aliphatic carbocycles. The Labute approximate surface area is 95.4 Å². The van der Waals surface area contributed by atoms with E-state index in [1.807, 2.05) is 0 Å². The smallest absolute Gasteiger partial charge is 0.112 e. The lowest BCUT2D eigenvalue weighted by Crippen LogP contribution is -1.80. The topological polar surface area (TPSA) is 36.0 Å². The number of aliphatic hydroxyl groups is 1. The van der Waals surface area contributed by atoms with Crippen LogP contribution in [0.25, 0.3) is 10.9 Å². The first-order valence-corrected chi connectivity index (χ1v) is 5.03. The fourth-order valence-electron chi connectivity index (χ4n) is 1.37. The van der Waals surface area contributed by atoms with Crippen LogP contribution >= 0.6 is 34.8 Å². The summed E-state index contributed by atoms with van der Waals surface area (Å²) in [7, 11) is 0. The van der Waals surface area contributed by atoms with Crippen LogP contribution in [0.5, 0.6) is 0 Å². The predicted molar refractivity (Wildman–Crippen MR) is 59.3 cm³/mol. The summed E-state index contributed by atoms with van der Waals surface area (Å²) in [5, 5.41) is 11.2. The van der Waals surface area contributed by atoms with Gasteiger partial charge in [-0.3, -0.25) is 0 Å². The molecule has 0 aliphatic rings. The lowest BCUT2D eigenvalue weighted by atomic mass is 10.2. The molecule has 2 N–H and O–H groups in total. The van der Waals surface area contributed by atoms with E-state index in [1.54, 1.807) is 12.1 Å². The van der Waals surface area contributed by atoms with Gasteiger partial charge in [0.25, 0.3) is 0 Å². The summed E-state index contributed by atoms with van der Waals surface area (Å²) in [5.74, 6) is 0. The van der Waals surface area contributed by atoms with Crippen molar-refractivity contribution in [3.8, 4) is 0 Å². The van der Waals surface area contributed by atoms with E-state index in [9.17, 15) is 0 Å². The highest BCUT2D eigenvalue weighted by atomic mass is 35.5. The summed E-state index contributed by atoms with van der Waals surface area (Å²) < 4.78 is 0. The summed E-state index contributed by atoms with van der Waals surface area (Å²) in [6.07, 6.45) is 0. The van der Waals surface area contributed by atoms with Crippen molar-refractivity contribution in [2.75, 3.05) is 0 Å². The van der Waals surface area contributed by atoms with E-state index in [4.69, 9.17) is 39.9 Å². The van der Waals surface area contributed by atoms with Crippen molar-refractivity contribution in [3.05, 3.63) is 32.9 Å². The maximum atomic E-state index is 9.09. The number of fused-ring (bicyclic) bond motifs is 1. The van der Waals surface area contributed by atoms with E-state index in [0.717, 1.165) is 10.9 Å². The summed E-state index contributed by atoms with van der Waals surface area (Å²) in [5.41, 5.74) is 1.41. The molecule has 2 aromatic rings. The third kappa shape index (κ3) is 1.48. The molecule has 1 heterocycles. The van der Waals surface area contributed by atoms with Crippen molar-refractivity contribution in [2.45, 2.75) is 6.61 Å². The van der Waals surface area contributed by atoms with Crippen LogP contribution in [-0.4, -0.2) is 10.1 Å². The van der Waals surface area contributed by atoms with Crippen LogP contribution in [0.4, 0.5) is 0 Å². The Bertz CT molecular complexity index is 492. The Morgan fingerprint density at radius 2 is 1.79 bits per heavy atom. The molecule has 0 bridgehead atoms. The number of rotatable bonds is 1. The van der Waals surface area contributed by atoms with E-state index in [1.165, 1.54) is 0 Å². The number of hydrogen-bond acceptors (Lipinski definition) is 1. The highest BCUT2D eigenvalue weighted by molar-refractivity contribution is 6.43. The van der Waals surface area contributed by atoms with Crippen LogP contribution in [0, 0.1) is 0 Å². The number of nitrogens with one attached hydrogen (secondary N) is 1. The molecule has 2 nitrogen and oxygen atoms in total. The molecule has 0 amide bonds. The molecule has 0 spiro atoms. The lowest BCUT2D eigenvalue weighted by Gasteiger charge is -1.97. The van der Waals surface area contributed by atoms with Crippen LogP contribution in [0.1, 0.15) is 5.56 Å². The number of H-pyrrole nitrogens is 1. The fourth-order valence-corrected chi connectivity index (χ4v) is 1.96. The standard InChI is InChI=1S/C9H6Cl3NO/c10-6-1-4-5(3-14)9(12)13-8(4)2-7(6)11/h1-2,13-14H,3H2. The van der Waals surface area contributed by atoms with Gasteiger partial charge in [-0.1, -0.05) is 34.8 Å². The van der Waals surface area contributed by atoms with Gasteiger partial charge in [0, 0.05) is 16.5 Å². The minimum atomic E-state index is -0.128. The van der Waals surface area contributed by atoms with Crippen LogP contribution < -0.4 is 0 Å². The van der Waals surface area contributed by atoms with E-state index in [2.05, 4.69) is 4.98 Å². The molecule has 0 aliphatic heterocycles. The monoisotopic (exact) mass is 249 g/mol. The van der Waals surface area contributed by atoms with E-state index < -0.39 is 0 Å². The molecular formula is C9H6Cl3NO. The molecule has 1 aromatic carbocycles. The summed E-state index contributed by atoms with van der Waals surface area (Å²) in [6, 6.07) is 3.37. The van der Waals surface area contributed by atoms with Crippen molar-refractivity contribution in [1.29, 1.82) is 0 Å². The Morgan fingerprint density at radius 1 is 1.14 bits per heavy atom. The molecule has 14 heavy (non-hydrogen) atoms. The van der Waals surface area contributed by atoms with Gasteiger partial charge in [0.1, 0.15) is 5.15 Å². The van der Waals surface area contributed by atoms with Crippen LogP contribution in [0.3, 0.4) is 0 Å². The summed E-state index contributed by atoms with van der Waals surface area (Å²) >= 11 is 17.6. The average Bonchev–Trinajstić information content (AvgIpc) is 2.42. The second kappa shape index (κ2) is 3.63. The summed E-state index contributed by atoms with van der Waals surface area (Å²) in [6.45, 7) is -0.128. The Kier molecular flexibility index (Phi) is 2.62. The quantitative estimate of drug-likeness (QED) is 0.797. The molecule has 5 heteroatoms. The molecular weight excluding hydrogens is 244 g/mol. The van der Waals surface area contributed by atoms with Gasteiger partial charge in [0.15, 0.2) is 0 Å². The Morgan fingerprint density at radius 3 is 2.43 bits per heavy atom. The molecule has 2 rings (SSSR count). The minimum Gasteiger partial charge on any atom is -0.392 e. The first-order valence-electron chi connectivity index (χ1n) is 3.89. The van der Waals surface area contributed by atoms with Gasteiger partial charge >= 0.3 is 0 Å². The number of halogens is 3. The van der Waals surface area contributed by atoms with Gasteiger partial charge in [-0.05, 0) is 12.1 Å². The molecule has 1 aromatic heterocycles. The molecule has 0 saturated heterocycles. The number of benzene rings is 1. The van der Waals surface area contributed by atoms with Crippen LogP contribution in [0.15, 0.2) is 12.1 Å². The predicted octanol–water partition coefficient (Wildman–Crippen LogP) is 3.62. The third-order valence-electron chi connectivity index (χ3n) is 2.05. The van der Waals surface area contributed by atoms with Crippen molar-refractivity contribution in [1.82, 2.24) is 4.98 Å². The largest absolute Gasteiger partial charge is 0.392 e. The van der Waals surface area contributed by atoms with Gasteiger partial charge in [0.05, 0.1) is 16.7 Å². The molecule has 0 atom stereocenters. The Hall–Kier alpha value is -0.410. The first kappa shape index (κ1) is 10.1. The van der Waals surface area contributed by atoms with E-state index >= 15 is 0 Å². The van der Waals surface area contributed by atoms with Gasteiger partial charge in [0.2, 0.25) is 0 Å². The fraction of sp³-hybridized carbons (Fsp3) is 0.111. The maximum Gasteiger partial charge on any atom is 0.112 e. The van der Waals surface area contributed by atoms with Crippen LogP contribution in [-0.2, 0) is 6.61 Å². The zero-order valence-electron chi connectivity index (χ0n) is 6.94. The van der Waals surface area contributed by atoms with Crippen LogP contribution in [0.2, 0.25) is 15.2 Å². The first-order chi connectivity index (χ1) is 6.63. The van der Waals surface area contributed by atoms with Crippen molar-refractivity contribution in [2.24, 2.45) is 0 Å². The molecule has 0 fully saturated rings. The second-order valence-corrected chi connectivity index (χ2v) is 4.08. The number of aromatic nitrogens is 1. The molecule has 0 unspecified atom stereocenters. The normalized spacial score (nSPS) is 11.1. The zero-order chi connectivity index (χ0) is 10.3. The van der Waals surface area contributed by atoms with Crippen molar-refractivity contribution < 1.29 is 5.11 Å². The summed E-state index contributed by atoms with van der Waals surface area (Å²) in [4.78, 5) is 2.91. The third-order valence-corrected chi connectivity index (χ3v) is 3.10. The number of aromatic amines is 1. The zero-order valence-corrected chi connectivity index (χ0v) is 9.21. The van der Waals surface area contributed by atoms with Gasteiger partial charge in [-0.2, -0.15) is 0 Å². The average molecular weight is 251 g/mol. The van der Waals surface area contributed by atoms with E-state index in [0.29, 0.717) is 20.8 Å². The molecule has 0 radical (unpaired) electrons.